The summed E-state index contributed by atoms with van der Waals surface area (Å²) in [5, 5.41) is 9.89. The van der Waals surface area contributed by atoms with Gasteiger partial charge in [-0.3, -0.25) is 4.79 Å². The highest BCUT2D eigenvalue weighted by atomic mass is 35.5. The van der Waals surface area contributed by atoms with Gasteiger partial charge in [-0.2, -0.15) is 0 Å². The summed E-state index contributed by atoms with van der Waals surface area (Å²) in [6.45, 7) is 0.467. The predicted octanol–water partition coefficient (Wildman–Crippen LogP) is 3.09. The minimum atomic E-state index is -0.788. The molecular weight excluding hydrogens is 250 g/mol. The molecule has 1 heterocycles. The van der Waals surface area contributed by atoms with Gasteiger partial charge in [-0.05, 0) is 36.2 Å². The van der Waals surface area contributed by atoms with E-state index in [0.717, 1.165) is 5.56 Å². The van der Waals surface area contributed by atoms with Crippen LogP contribution in [0.1, 0.15) is 5.56 Å². The van der Waals surface area contributed by atoms with Crippen LogP contribution >= 0.6 is 11.6 Å². The molecule has 0 aliphatic rings. The number of carbonyl (C=O) groups is 1. The van der Waals surface area contributed by atoms with Crippen LogP contribution in [0.3, 0.4) is 0 Å². The summed E-state index contributed by atoms with van der Waals surface area (Å²) < 4.78 is 1.88. The lowest BCUT2D eigenvalue weighted by atomic mass is 9.99. The van der Waals surface area contributed by atoms with Crippen molar-refractivity contribution < 1.29 is 9.90 Å². The Kier molecular flexibility index (Phi) is 4.05. The van der Waals surface area contributed by atoms with Gasteiger partial charge in [0.2, 0.25) is 0 Å². The minimum Gasteiger partial charge on any atom is -0.481 e. The first-order chi connectivity index (χ1) is 8.65. The molecule has 0 fully saturated rings. The minimum absolute atomic E-state index is 0.448. The molecule has 2 rings (SSSR count). The van der Waals surface area contributed by atoms with Crippen LogP contribution in [0.2, 0.25) is 5.02 Å². The Bertz CT molecular complexity index is 522. The van der Waals surface area contributed by atoms with Gasteiger partial charge in [-0.25, -0.2) is 0 Å². The van der Waals surface area contributed by atoms with Crippen molar-refractivity contribution >= 4 is 17.6 Å². The molecule has 1 unspecified atom stereocenters. The molecule has 1 aromatic carbocycles. The van der Waals surface area contributed by atoms with Crippen LogP contribution in [0.5, 0.6) is 0 Å². The number of aliphatic carboxylic acids is 1. The van der Waals surface area contributed by atoms with Crippen molar-refractivity contribution in [2.75, 3.05) is 0 Å². The molecule has 0 bridgehead atoms. The molecule has 0 radical (unpaired) electrons. The van der Waals surface area contributed by atoms with Gasteiger partial charge in [0.15, 0.2) is 0 Å². The van der Waals surface area contributed by atoms with E-state index in [1.54, 1.807) is 6.07 Å². The van der Waals surface area contributed by atoms with Crippen LogP contribution in [0.25, 0.3) is 0 Å². The third-order valence-corrected chi connectivity index (χ3v) is 3.05. The summed E-state index contributed by atoms with van der Waals surface area (Å²) in [6, 6.07) is 11.1. The summed E-state index contributed by atoms with van der Waals surface area (Å²) in [4.78, 5) is 11.3. The number of carboxylic acid groups (broad SMARTS) is 1. The maximum atomic E-state index is 11.3. The molecule has 0 aliphatic carbocycles. The van der Waals surface area contributed by atoms with Crippen LogP contribution in [-0.2, 0) is 17.8 Å². The molecule has 2 aromatic rings. The molecule has 0 spiro atoms. The maximum Gasteiger partial charge on any atom is 0.308 e. The molecule has 0 aliphatic heterocycles. The third-order valence-electron chi connectivity index (χ3n) is 2.82. The molecule has 4 heteroatoms. The second-order valence-corrected chi connectivity index (χ2v) is 4.69. The molecule has 0 amide bonds. The molecule has 1 aromatic heterocycles. The van der Waals surface area contributed by atoms with Gasteiger partial charge in [-0.15, -0.1) is 0 Å². The zero-order valence-corrected chi connectivity index (χ0v) is 10.5. The monoisotopic (exact) mass is 263 g/mol. The quantitative estimate of drug-likeness (QED) is 0.901. The van der Waals surface area contributed by atoms with E-state index < -0.39 is 11.9 Å². The largest absolute Gasteiger partial charge is 0.481 e. The Morgan fingerprint density at radius 2 is 2.00 bits per heavy atom. The second-order valence-electron chi connectivity index (χ2n) is 4.25. The zero-order valence-electron chi connectivity index (χ0n) is 9.79. The van der Waals surface area contributed by atoms with Crippen LogP contribution < -0.4 is 0 Å². The number of benzene rings is 1. The van der Waals surface area contributed by atoms with E-state index in [1.165, 1.54) is 0 Å². The normalized spacial score (nSPS) is 12.3. The van der Waals surface area contributed by atoms with Crippen molar-refractivity contribution in [3.8, 4) is 0 Å². The van der Waals surface area contributed by atoms with E-state index in [-0.39, 0.29) is 0 Å². The predicted molar refractivity (Wildman–Crippen MR) is 70.7 cm³/mol. The van der Waals surface area contributed by atoms with E-state index in [0.29, 0.717) is 18.0 Å². The highest BCUT2D eigenvalue weighted by Gasteiger charge is 2.18. The maximum absolute atomic E-state index is 11.3. The lowest BCUT2D eigenvalue weighted by Gasteiger charge is -2.13. The van der Waals surface area contributed by atoms with Gasteiger partial charge in [0.05, 0.1) is 5.92 Å². The lowest BCUT2D eigenvalue weighted by Crippen LogP contribution is -2.21. The number of nitrogens with zero attached hydrogens (tertiary/aromatic N) is 1. The highest BCUT2D eigenvalue weighted by molar-refractivity contribution is 6.30. The first kappa shape index (κ1) is 12.7. The van der Waals surface area contributed by atoms with E-state index in [1.807, 2.05) is 47.3 Å². The fourth-order valence-corrected chi connectivity index (χ4v) is 2.14. The van der Waals surface area contributed by atoms with Gasteiger partial charge in [0.1, 0.15) is 0 Å². The summed E-state index contributed by atoms with van der Waals surface area (Å²) in [7, 11) is 0. The number of rotatable bonds is 5. The molecule has 0 saturated carbocycles. The van der Waals surface area contributed by atoms with Gasteiger partial charge in [-0.1, -0.05) is 23.7 Å². The number of aromatic nitrogens is 1. The SMILES string of the molecule is O=C(O)C(Cc1cccc(Cl)c1)Cn1cccc1. The smallest absolute Gasteiger partial charge is 0.308 e. The number of carboxylic acids is 1. The van der Waals surface area contributed by atoms with Crippen LogP contribution in [-0.4, -0.2) is 15.6 Å². The molecular formula is C14H14ClNO2. The van der Waals surface area contributed by atoms with Crippen molar-refractivity contribution in [1.29, 1.82) is 0 Å². The molecule has 1 atom stereocenters. The van der Waals surface area contributed by atoms with E-state index in [9.17, 15) is 9.90 Å². The summed E-state index contributed by atoms with van der Waals surface area (Å²) in [6.07, 6.45) is 4.22. The van der Waals surface area contributed by atoms with Crippen LogP contribution in [0.4, 0.5) is 0 Å². The Labute approximate surface area is 111 Å². The summed E-state index contributed by atoms with van der Waals surface area (Å²) in [5.41, 5.74) is 0.946. The van der Waals surface area contributed by atoms with Crippen molar-refractivity contribution in [2.24, 2.45) is 5.92 Å². The highest BCUT2D eigenvalue weighted by Crippen LogP contribution is 2.16. The number of hydrogen-bond acceptors (Lipinski definition) is 1. The van der Waals surface area contributed by atoms with Gasteiger partial charge in [0.25, 0.3) is 0 Å². The average molecular weight is 264 g/mol. The Hall–Kier alpha value is -1.74. The van der Waals surface area contributed by atoms with Gasteiger partial charge < -0.3 is 9.67 Å². The first-order valence-corrected chi connectivity index (χ1v) is 6.11. The Balaban J connectivity index is 2.09. The van der Waals surface area contributed by atoms with Crippen molar-refractivity contribution in [3.05, 3.63) is 59.4 Å². The molecule has 1 N–H and O–H groups in total. The van der Waals surface area contributed by atoms with E-state index in [4.69, 9.17) is 11.6 Å². The Morgan fingerprint density at radius 3 is 2.61 bits per heavy atom. The van der Waals surface area contributed by atoms with E-state index in [2.05, 4.69) is 0 Å². The number of halogens is 1. The second kappa shape index (κ2) is 5.74. The van der Waals surface area contributed by atoms with Gasteiger partial charge in [0, 0.05) is 24.0 Å². The van der Waals surface area contributed by atoms with Gasteiger partial charge >= 0.3 is 5.97 Å². The number of hydrogen-bond donors (Lipinski definition) is 1. The summed E-state index contributed by atoms with van der Waals surface area (Å²) in [5.74, 6) is -1.24. The standard InChI is InChI=1S/C14H14ClNO2/c15-13-5-3-4-11(9-13)8-12(14(17)18)10-16-6-1-2-7-16/h1-7,9,12H,8,10H2,(H,17,18). The molecule has 0 saturated heterocycles. The fourth-order valence-electron chi connectivity index (χ4n) is 1.92. The Morgan fingerprint density at radius 1 is 1.28 bits per heavy atom. The summed E-state index contributed by atoms with van der Waals surface area (Å²) >= 11 is 5.90. The molecule has 18 heavy (non-hydrogen) atoms. The lowest BCUT2D eigenvalue weighted by molar-refractivity contribution is -0.142. The first-order valence-electron chi connectivity index (χ1n) is 5.73. The van der Waals surface area contributed by atoms with Crippen molar-refractivity contribution in [2.45, 2.75) is 13.0 Å². The van der Waals surface area contributed by atoms with Crippen molar-refractivity contribution in [3.63, 3.8) is 0 Å². The molecule has 94 valence electrons. The topological polar surface area (TPSA) is 42.2 Å². The van der Waals surface area contributed by atoms with Crippen molar-refractivity contribution in [1.82, 2.24) is 4.57 Å². The van der Waals surface area contributed by atoms with Crippen LogP contribution in [0, 0.1) is 5.92 Å². The third kappa shape index (κ3) is 3.37. The molecule has 3 nitrogen and oxygen atoms in total. The van der Waals surface area contributed by atoms with Crippen LogP contribution in [0.15, 0.2) is 48.8 Å². The van der Waals surface area contributed by atoms with E-state index >= 15 is 0 Å². The zero-order chi connectivity index (χ0) is 13.0. The average Bonchev–Trinajstić information content (AvgIpc) is 2.81. The fraction of sp³-hybridized carbons (Fsp3) is 0.214.